The van der Waals surface area contributed by atoms with Gasteiger partial charge in [0, 0.05) is 25.4 Å². The standard InChI is InChI=1S/C19H20FN3O2/c1-22(13-14-3-5-16(20)6-4-14)19(24)9-10-23-18-8-7-17(25-2)11-15(18)12-21-23/h3-8,11-12H,9-10,13H2,1-2H3. The molecule has 3 rings (SSSR count). The van der Waals surface area contributed by atoms with Gasteiger partial charge in [-0.2, -0.15) is 5.10 Å². The molecule has 0 spiro atoms. The summed E-state index contributed by atoms with van der Waals surface area (Å²) in [7, 11) is 3.37. The predicted octanol–water partition coefficient (Wildman–Crippen LogP) is 3.23. The number of halogens is 1. The highest BCUT2D eigenvalue weighted by Crippen LogP contribution is 2.20. The van der Waals surface area contributed by atoms with E-state index in [0.717, 1.165) is 22.2 Å². The molecule has 1 amide bonds. The number of nitrogens with zero attached hydrogens (tertiary/aromatic N) is 3. The molecule has 0 unspecified atom stereocenters. The van der Waals surface area contributed by atoms with Crippen molar-refractivity contribution in [3.05, 3.63) is 60.0 Å². The van der Waals surface area contributed by atoms with Gasteiger partial charge in [0.25, 0.3) is 0 Å². The number of carbonyl (C=O) groups is 1. The smallest absolute Gasteiger partial charge is 0.224 e. The Morgan fingerprint density at radius 1 is 1.24 bits per heavy atom. The zero-order valence-electron chi connectivity index (χ0n) is 14.3. The van der Waals surface area contributed by atoms with Gasteiger partial charge < -0.3 is 9.64 Å². The molecule has 2 aromatic carbocycles. The summed E-state index contributed by atoms with van der Waals surface area (Å²) in [6.45, 7) is 0.957. The Bertz CT molecular complexity index is 874. The third-order valence-corrected chi connectivity index (χ3v) is 4.15. The Hall–Kier alpha value is -2.89. The fourth-order valence-corrected chi connectivity index (χ4v) is 2.71. The molecule has 3 aromatic rings. The van der Waals surface area contributed by atoms with Crippen molar-refractivity contribution in [1.82, 2.24) is 14.7 Å². The summed E-state index contributed by atoms with van der Waals surface area (Å²) >= 11 is 0. The molecule has 0 bridgehead atoms. The highest BCUT2D eigenvalue weighted by atomic mass is 19.1. The summed E-state index contributed by atoms with van der Waals surface area (Å²) in [4.78, 5) is 14.0. The number of aryl methyl sites for hydroxylation is 1. The molecule has 0 aliphatic rings. The number of benzene rings is 2. The molecule has 0 N–H and O–H groups in total. The van der Waals surface area contributed by atoms with Crippen LogP contribution >= 0.6 is 0 Å². The molecule has 130 valence electrons. The van der Waals surface area contributed by atoms with Crippen LogP contribution in [0.15, 0.2) is 48.7 Å². The van der Waals surface area contributed by atoms with Crippen LogP contribution in [0.4, 0.5) is 4.39 Å². The first-order chi connectivity index (χ1) is 12.1. The lowest BCUT2D eigenvalue weighted by Crippen LogP contribution is -2.27. The Kier molecular flexibility index (Phi) is 4.97. The summed E-state index contributed by atoms with van der Waals surface area (Å²) in [5, 5.41) is 5.32. The quantitative estimate of drug-likeness (QED) is 0.691. The van der Waals surface area contributed by atoms with Crippen molar-refractivity contribution in [3.8, 4) is 5.75 Å². The van der Waals surface area contributed by atoms with E-state index in [2.05, 4.69) is 5.10 Å². The van der Waals surface area contributed by atoms with Gasteiger partial charge in [0.15, 0.2) is 0 Å². The Morgan fingerprint density at radius 2 is 2.00 bits per heavy atom. The van der Waals surface area contributed by atoms with Crippen LogP contribution < -0.4 is 4.74 Å². The van der Waals surface area contributed by atoms with Crippen molar-refractivity contribution in [2.45, 2.75) is 19.5 Å². The minimum absolute atomic E-state index is 0.0153. The third-order valence-electron chi connectivity index (χ3n) is 4.15. The molecule has 0 aliphatic carbocycles. The molecule has 0 saturated carbocycles. The number of fused-ring (bicyclic) bond motifs is 1. The molecular formula is C19H20FN3O2. The normalized spacial score (nSPS) is 10.8. The monoisotopic (exact) mass is 341 g/mol. The Morgan fingerprint density at radius 3 is 2.72 bits per heavy atom. The Balaban J connectivity index is 1.60. The van der Waals surface area contributed by atoms with Gasteiger partial charge in [0.05, 0.1) is 25.4 Å². The molecule has 1 heterocycles. The fraction of sp³-hybridized carbons (Fsp3) is 0.263. The number of rotatable bonds is 6. The minimum atomic E-state index is -0.278. The lowest BCUT2D eigenvalue weighted by Gasteiger charge is -2.17. The molecule has 0 saturated heterocycles. The molecule has 0 aliphatic heterocycles. The molecule has 0 radical (unpaired) electrons. The van der Waals surface area contributed by atoms with Crippen molar-refractivity contribution in [1.29, 1.82) is 0 Å². The van der Waals surface area contributed by atoms with E-state index >= 15 is 0 Å². The number of hydrogen-bond donors (Lipinski definition) is 0. The first kappa shape index (κ1) is 17.0. The van der Waals surface area contributed by atoms with Crippen LogP contribution in [0.3, 0.4) is 0 Å². The molecule has 5 nitrogen and oxygen atoms in total. The van der Waals surface area contributed by atoms with E-state index in [0.29, 0.717) is 19.5 Å². The molecule has 0 fully saturated rings. The number of ether oxygens (including phenoxy) is 1. The van der Waals surface area contributed by atoms with Gasteiger partial charge >= 0.3 is 0 Å². The lowest BCUT2D eigenvalue weighted by atomic mass is 10.2. The van der Waals surface area contributed by atoms with Gasteiger partial charge in [0.1, 0.15) is 11.6 Å². The van der Waals surface area contributed by atoms with Crippen LogP contribution in [-0.4, -0.2) is 34.7 Å². The van der Waals surface area contributed by atoms with Gasteiger partial charge in [-0.1, -0.05) is 12.1 Å². The van der Waals surface area contributed by atoms with Crippen LogP contribution in [0.1, 0.15) is 12.0 Å². The number of hydrogen-bond acceptors (Lipinski definition) is 3. The van der Waals surface area contributed by atoms with Crippen LogP contribution in [0.2, 0.25) is 0 Å². The zero-order valence-corrected chi connectivity index (χ0v) is 14.3. The van der Waals surface area contributed by atoms with Crippen LogP contribution in [-0.2, 0) is 17.9 Å². The van der Waals surface area contributed by atoms with Gasteiger partial charge in [-0.3, -0.25) is 9.48 Å². The van der Waals surface area contributed by atoms with Crippen molar-refractivity contribution in [2.24, 2.45) is 0 Å². The van der Waals surface area contributed by atoms with Crippen LogP contribution in [0, 0.1) is 5.82 Å². The zero-order chi connectivity index (χ0) is 17.8. The van der Waals surface area contributed by atoms with E-state index < -0.39 is 0 Å². The highest BCUT2D eigenvalue weighted by molar-refractivity contribution is 5.80. The maximum atomic E-state index is 12.9. The average Bonchev–Trinajstić information content (AvgIpc) is 3.03. The molecule has 6 heteroatoms. The number of amides is 1. The highest BCUT2D eigenvalue weighted by Gasteiger charge is 2.11. The minimum Gasteiger partial charge on any atom is -0.497 e. The van der Waals surface area contributed by atoms with Gasteiger partial charge in [-0.05, 0) is 35.9 Å². The van der Waals surface area contributed by atoms with E-state index in [1.165, 1.54) is 12.1 Å². The van der Waals surface area contributed by atoms with Crippen molar-refractivity contribution in [2.75, 3.05) is 14.2 Å². The van der Waals surface area contributed by atoms with E-state index in [1.54, 1.807) is 37.4 Å². The first-order valence-corrected chi connectivity index (χ1v) is 8.05. The maximum absolute atomic E-state index is 12.9. The average molecular weight is 341 g/mol. The van der Waals surface area contributed by atoms with Crippen molar-refractivity contribution >= 4 is 16.8 Å². The number of methoxy groups -OCH3 is 1. The Labute approximate surface area is 145 Å². The lowest BCUT2D eigenvalue weighted by molar-refractivity contribution is -0.130. The van der Waals surface area contributed by atoms with E-state index in [-0.39, 0.29) is 11.7 Å². The molecule has 0 atom stereocenters. The second kappa shape index (κ2) is 7.34. The van der Waals surface area contributed by atoms with Gasteiger partial charge in [0.2, 0.25) is 5.91 Å². The largest absolute Gasteiger partial charge is 0.497 e. The molecular weight excluding hydrogens is 321 g/mol. The first-order valence-electron chi connectivity index (χ1n) is 8.05. The third kappa shape index (κ3) is 3.96. The summed E-state index contributed by atoms with van der Waals surface area (Å²) in [6.07, 6.45) is 2.12. The number of aromatic nitrogens is 2. The van der Waals surface area contributed by atoms with E-state index in [9.17, 15) is 9.18 Å². The number of carbonyl (C=O) groups excluding carboxylic acids is 1. The maximum Gasteiger partial charge on any atom is 0.224 e. The summed E-state index contributed by atoms with van der Waals surface area (Å²) in [5.74, 6) is 0.517. The van der Waals surface area contributed by atoms with E-state index in [4.69, 9.17) is 4.74 Å². The molecule has 25 heavy (non-hydrogen) atoms. The van der Waals surface area contributed by atoms with E-state index in [1.807, 2.05) is 22.9 Å². The van der Waals surface area contributed by atoms with Crippen molar-refractivity contribution in [3.63, 3.8) is 0 Å². The topological polar surface area (TPSA) is 47.4 Å². The second-order valence-electron chi connectivity index (χ2n) is 5.92. The molecule has 1 aromatic heterocycles. The predicted molar refractivity (Wildman–Crippen MR) is 93.8 cm³/mol. The fourth-order valence-electron chi connectivity index (χ4n) is 2.71. The van der Waals surface area contributed by atoms with Gasteiger partial charge in [-0.25, -0.2) is 4.39 Å². The SMILES string of the molecule is COc1ccc2c(cnn2CCC(=O)N(C)Cc2ccc(F)cc2)c1. The van der Waals surface area contributed by atoms with Crippen molar-refractivity contribution < 1.29 is 13.9 Å². The summed E-state index contributed by atoms with van der Waals surface area (Å²) in [6, 6.07) is 11.9. The second-order valence-corrected chi connectivity index (χ2v) is 5.92. The van der Waals surface area contributed by atoms with Gasteiger partial charge in [-0.15, -0.1) is 0 Å². The van der Waals surface area contributed by atoms with Crippen LogP contribution in [0.5, 0.6) is 5.75 Å². The summed E-state index contributed by atoms with van der Waals surface area (Å²) < 4.78 is 20.0. The summed E-state index contributed by atoms with van der Waals surface area (Å²) in [5.41, 5.74) is 1.86. The van der Waals surface area contributed by atoms with Crippen LogP contribution in [0.25, 0.3) is 10.9 Å².